The number of halogens is 1. The van der Waals surface area contributed by atoms with Gasteiger partial charge in [0.1, 0.15) is 23.8 Å². The molecule has 0 aromatic heterocycles. The second kappa shape index (κ2) is 9.53. The number of piperidine rings is 1. The average Bonchev–Trinajstić information content (AvgIpc) is 2.95. The smallest absolute Gasteiger partial charge is 0.134 e. The van der Waals surface area contributed by atoms with Gasteiger partial charge in [0.15, 0.2) is 0 Å². The summed E-state index contributed by atoms with van der Waals surface area (Å²) in [4.78, 5) is 4.25. The van der Waals surface area contributed by atoms with Crippen LogP contribution in [0.1, 0.15) is 12.8 Å². The molecule has 1 atom stereocenters. The highest BCUT2D eigenvalue weighted by molar-refractivity contribution is 5.46. The zero-order valence-electron chi connectivity index (χ0n) is 17.8. The second-order valence-electron chi connectivity index (χ2n) is 8.78. The summed E-state index contributed by atoms with van der Waals surface area (Å²) in [7, 11) is 0. The summed E-state index contributed by atoms with van der Waals surface area (Å²) in [5, 5.41) is 22.3. The predicted molar refractivity (Wildman–Crippen MR) is 117 cm³/mol. The van der Waals surface area contributed by atoms with Crippen molar-refractivity contribution in [3.05, 3.63) is 60.4 Å². The van der Waals surface area contributed by atoms with E-state index in [-0.39, 0.29) is 19.0 Å². The Bertz CT molecular complexity index is 827. The fourth-order valence-corrected chi connectivity index (χ4v) is 4.36. The fraction of sp³-hybridized carbons (Fsp3) is 0.500. The Balaban J connectivity index is 1.32. The maximum Gasteiger partial charge on any atom is 0.134 e. The lowest BCUT2D eigenvalue weighted by atomic mass is 9.90. The molecule has 0 bridgehead atoms. The summed E-state index contributed by atoms with van der Waals surface area (Å²) in [5.41, 5.74) is -1.00. The monoisotopic (exact) mass is 430 g/mol. The highest BCUT2D eigenvalue weighted by Gasteiger charge is 2.39. The van der Waals surface area contributed by atoms with E-state index in [4.69, 9.17) is 9.47 Å². The number of rotatable bonds is 6. The minimum atomic E-state index is -1.14. The number of para-hydroxylation sites is 1. The van der Waals surface area contributed by atoms with Gasteiger partial charge in [-0.25, -0.2) is 4.39 Å². The normalized spacial score (nSPS) is 24.5. The first-order chi connectivity index (χ1) is 14.9. The number of hydrogen-bond acceptors (Lipinski definition) is 6. The van der Waals surface area contributed by atoms with Crippen LogP contribution in [0.3, 0.4) is 0 Å². The van der Waals surface area contributed by atoms with Gasteiger partial charge in [-0.3, -0.25) is 4.90 Å². The Morgan fingerprint density at radius 1 is 0.935 bits per heavy atom. The third kappa shape index (κ3) is 5.95. The van der Waals surface area contributed by atoms with E-state index in [1.54, 1.807) is 12.1 Å². The predicted octanol–water partition coefficient (Wildman–Crippen LogP) is 2.30. The second-order valence-corrected chi connectivity index (χ2v) is 8.78. The van der Waals surface area contributed by atoms with Crippen LogP contribution in [0.15, 0.2) is 54.6 Å². The van der Waals surface area contributed by atoms with E-state index >= 15 is 0 Å². The van der Waals surface area contributed by atoms with Crippen molar-refractivity contribution < 1.29 is 24.1 Å². The SMILES string of the molecule is OC1(CN2CCOC[C@](O)(COc3ccccc3)C2)CCN(c2ccc(F)cc2)CC1. The molecule has 2 aromatic carbocycles. The molecule has 0 radical (unpaired) electrons. The van der Waals surface area contributed by atoms with Crippen LogP contribution < -0.4 is 9.64 Å². The van der Waals surface area contributed by atoms with Crippen LogP contribution in [0.25, 0.3) is 0 Å². The highest BCUT2D eigenvalue weighted by atomic mass is 19.1. The van der Waals surface area contributed by atoms with Crippen LogP contribution in [0.4, 0.5) is 10.1 Å². The molecule has 2 N–H and O–H groups in total. The Morgan fingerprint density at radius 2 is 1.65 bits per heavy atom. The number of benzene rings is 2. The van der Waals surface area contributed by atoms with Crippen LogP contribution in [0, 0.1) is 5.82 Å². The third-order valence-corrected chi connectivity index (χ3v) is 6.10. The molecule has 0 aliphatic carbocycles. The minimum absolute atomic E-state index is 0.129. The van der Waals surface area contributed by atoms with Gasteiger partial charge in [0, 0.05) is 38.4 Å². The maximum absolute atomic E-state index is 13.2. The molecule has 2 fully saturated rings. The molecular weight excluding hydrogens is 399 g/mol. The number of β-amino-alcohol motifs (C(OH)–C–C–N with tert-alkyl or cyclic N) is 2. The molecule has 6 nitrogen and oxygen atoms in total. The van der Waals surface area contributed by atoms with Crippen LogP contribution in [0.5, 0.6) is 5.75 Å². The molecular formula is C24H31FN2O4. The van der Waals surface area contributed by atoms with Gasteiger partial charge in [-0.2, -0.15) is 0 Å². The van der Waals surface area contributed by atoms with Gasteiger partial charge in [-0.05, 0) is 49.2 Å². The Hall–Kier alpha value is -2.19. The zero-order valence-corrected chi connectivity index (χ0v) is 17.8. The summed E-state index contributed by atoms with van der Waals surface area (Å²) in [6.45, 7) is 3.74. The lowest BCUT2D eigenvalue weighted by Gasteiger charge is -2.42. The van der Waals surface area contributed by atoms with Crippen LogP contribution in [-0.2, 0) is 4.74 Å². The van der Waals surface area contributed by atoms with E-state index in [0.717, 1.165) is 5.69 Å². The highest BCUT2D eigenvalue weighted by Crippen LogP contribution is 2.28. The summed E-state index contributed by atoms with van der Waals surface area (Å²) in [5.74, 6) is 0.461. The molecule has 4 rings (SSSR count). The quantitative estimate of drug-likeness (QED) is 0.733. The summed E-state index contributed by atoms with van der Waals surface area (Å²) in [6.07, 6.45) is 1.22. The molecule has 2 aliphatic heterocycles. The van der Waals surface area contributed by atoms with E-state index in [1.165, 1.54) is 12.1 Å². The number of aliphatic hydroxyl groups is 2. The van der Waals surface area contributed by atoms with E-state index in [1.807, 2.05) is 30.3 Å². The summed E-state index contributed by atoms with van der Waals surface area (Å²) in [6, 6.07) is 15.9. The van der Waals surface area contributed by atoms with Crippen molar-refractivity contribution >= 4 is 5.69 Å². The Morgan fingerprint density at radius 3 is 2.35 bits per heavy atom. The van der Waals surface area contributed by atoms with Crippen molar-refractivity contribution in [1.82, 2.24) is 4.90 Å². The van der Waals surface area contributed by atoms with Crippen molar-refractivity contribution in [3.63, 3.8) is 0 Å². The molecule has 2 aliphatic rings. The molecule has 0 spiro atoms. The Labute approximate surface area is 182 Å². The maximum atomic E-state index is 13.2. The number of hydrogen-bond donors (Lipinski definition) is 2. The van der Waals surface area contributed by atoms with E-state index in [2.05, 4.69) is 9.80 Å². The number of ether oxygens (including phenoxy) is 2. The molecule has 0 saturated carbocycles. The van der Waals surface area contributed by atoms with Gasteiger partial charge >= 0.3 is 0 Å². The van der Waals surface area contributed by atoms with Gasteiger partial charge in [0.05, 0.1) is 18.8 Å². The summed E-state index contributed by atoms with van der Waals surface area (Å²) < 4.78 is 24.6. The van der Waals surface area contributed by atoms with E-state index in [0.29, 0.717) is 57.9 Å². The van der Waals surface area contributed by atoms with Crippen molar-refractivity contribution in [2.75, 3.05) is 57.4 Å². The largest absolute Gasteiger partial charge is 0.490 e. The lowest BCUT2D eigenvalue weighted by molar-refractivity contribution is -0.0742. The lowest BCUT2D eigenvalue weighted by Crippen LogP contribution is -2.55. The molecule has 7 heteroatoms. The first kappa shape index (κ1) is 22.0. The molecule has 0 amide bonds. The Kier molecular flexibility index (Phi) is 6.77. The molecule has 31 heavy (non-hydrogen) atoms. The van der Waals surface area contributed by atoms with Gasteiger partial charge in [-0.15, -0.1) is 0 Å². The molecule has 2 aromatic rings. The molecule has 2 saturated heterocycles. The summed E-state index contributed by atoms with van der Waals surface area (Å²) >= 11 is 0. The van der Waals surface area contributed by atoms with Crippen LogP contribution in [0.2, 0.25) is 0 Å². The standard InChI is InChI=1S/C24H31FN2O4/c25-20-6-8-21(9-7-20)27-12-10-23(28,11-13-27)16-26-14-15-30-18-24(29,17-26)19-31-22-4-2-1-3-5-22/h1-9,28-29H,10-19H2/t24-/m0/s1. The van der Waals surface area contributed by atoms with Crippen molar-refractivity contribution in [1.29, 1.82) is 0 Å². The van der Waals surface area contributed by atoms with Gasteiger partial charge < -0.3 is 24.6 Å². The van der Waals surface area contributed by atoms with E-state index in [9.17, 15) is 14.6 Å². The van der Waals surface area contributed by atoms with E-state index < -0.39 is 11.2 Å². The molecule has 0 unspecified atom stereocenters. The molecule has 2 heterocycles. The molecule has 168 valence electrons. The third-order valence-electron chi connectivity index (χ3n) is 6.10. The first-order valence-corrected chi connectivity index (χ1v) is 10.9. The van der Waals surface area contributed by atoms with Crippen LogP contribution >= 0.6 is 0 Å². The van der Waals surface area contributed by atoms with Gasteiger partial charge in [0.2, 0.25) is 0 Å². The number of nitrogens with zero attached hydrogens (tertiary/aromatic N) is 2. The topological polar surface area (TPSA) is 65.4 Å². The van der Waals surface area contributed by atoms with Crippen molar-refractivity contribution in [2.24, 2.45) is 0 Å². The zero-order chi connectivity index (χ0) is 21.7. The number of anilines is 1. The minimum Gasteiger partial charge on any atom is -0.490 e. The average molecular weight is 431 g/mol. The van der Waals surface area contributed by atoms with Gasteiger partial charge in [0.25, 0.3) is 0 Å². The fourth-order valence-electron chi connectivity index (χ4n) is 4.36. The van der Waals surface area contributed by atoms with Crippen LogP contribution in [-0.4, -0.2) is 78.9 Å². The first-order valence-electron chi connectivity index (χ1n) is 10.9. The van der Waals surface area contributed by atoms with Gasteiger partial charge in [-0.1, -0.05) is 18.2 Å². The van der Waals surface area contributed by atoms with Crippen molar-refractivity contribution in [3.8, 4) is 5.75 Å². The van der Waals surface area contributed by atoms with Crippen molar-refractivity contribution in [2.45, 2.75) is 24.0 Å².